The van der Waals surface area contributed by atoms with Crippen LogP contribution in [0.5, 0.6) is 0 Å². The van der Waals surface area contributed by atoms with Crippen molar-refractivity contribution in [2.45, 2.75) is 38.3 Å². The van der Waals surface area contributed by atoms with Crippen molar-refractivity contribution in [3.63, 3.8) is 0 Å². The minimum atomic E-state index is -2.52. The fraction of sp³-hybridized carbons (Fsp3) is 0.348. The average Bonchev–Trinajstić information content (AvgIpc) is 2.97. The third kappa shape index (κ3) is 3.78. The highest BCUT2D eigenvalue weighted by molar-refractivity contribution is 6.99. The molecule has 0 saturated carbocycles. The molecule has 4 heteroatoms. The van der Waals surface area contributed by atoms with Crippen molar-refractivity contribution in [1.82, 2.24) is 4.90 Å². The topological polar surface area (TPSA) is 29.5 Å². The van der Waals surface area contributed by atoms with E-state index in [1.165, 1.54) is 10.4 Å². The van der Waals surface area contributed by atoms with Gasteiger partial charge in [-0.05, 0) is 27.9 Å². The molecule has 3 rings (SSSR count). The van der Waals surface area contributed by atoms with Crippen LogP contribution in [0.2, 0.25) is 5.04 Å². The minimum absolute atomic E-state index is 0.0421. The standard InChI is InChI=1S/C23H29NO2Si/c1-23(2,3)27(19-11-7-5-8-12-19,20-13-9-6-10-14-20)26-18-16-21-22(25)15-17-24(21)4/h5-15,17,21H,16,18H2,1-4H3. The summed E-state index contributed by atoms with van der Waals surface area (Å²) in [5.74, 6) is 0.170. The summed E-state index contributed by atoms with van der Waals surface area (Å²) in [7, 11) is -0.562. The van der Waals surface area contributed by atoms with Gasteiger partial charge in [-0.1, -0.05) is 81.4 Å². The lowest BCUT2D eigenvalue weighted by molar-refractivity contribution is -0.117. The third-order valence-corrected chi connectivity index (χ3v) is 10.5. The van der Waals surface area contributed by atoms with Crippen molar-refractivity contribution in [3.05, 3.63) is 72.9 Å². The molecular formula is C23H29NO2Si. The molecule has 0 radical (unpaired) electrons. The van der Waals surface area contributed by atoms with Crippen LogP contribution in [0.25, 0.3) is 0 Å². The number of ketones is 1. The second kappa shape index (κ2) is 7.83. The maximum absolute atomic E-state index is 12.1. The molecule has 0 bridgehead atoms. The van der Waals surface area contributed by atoms with Gasteiger partial charge in [0.15, 0.2) is 5.78 Å². The van der Waals surface area contributed by atoms with Gasteiger partial charge in [0.1, 0.15) is 0 Å². The van der Waals surface area contributed by atoms with Crippen LogP contribution in [0, 0.1) is 0 Å². The SMILES string of the molecule is CN1C=CC(=O)C1CCO[Si](c1ccccc1)(c1ccccc1)C(C)(C)C. The van der Waals surface area contributed by atoms with E-state index in [-0.39, 0.29) is 16.9 Å². The van der Waals surface area contributed by atoms with Gasteiger partial charge in [0.05, 0.1) is 6.04 Å². The van der Waals surface area contributed by atoms with E-state index in [0.717, 1.165) is 0 Å². The number of hydrogen-bond donors (Lipinski definition) is 0. The molecule has 0 spiro atoms. The third-order valence-electron chi connectivity index (χ3n) is 5.42. The highest BCUT2D eigenvalue weighted by Gasteiger charge is 2.50. The summed E-state index contributed by atoms with van der Waals surface area (Å²) in [6.07, 6.45) is 4.22. The number of benzene rings is 2. The molecule has 0 N–H and O–H groups in total. The summed E-state index contributed by atoms with van der Waals surface area (Å²) in [4.78, 5) is 14.1. The lowest BCUT2D eigenvalue weighted by Crippen LogP contribution is -2.66. The van der Waals surface area contributed by atoms with Gasteiger partial charge in [-0.2, -0.15) is 0 Å². The predicted octanol–water partition coefficient (Wildman–Crippen LogP) is 3.35. The zero-order chi connectivity index (χ0) is 19.5. The number of hydrogen-bond acceptors (Lipinski definition) is 3. The van der Waals surface area contributed by atoms with Crippen LogP contribution < -0.4 is 10.4 Å². The quantitative estimate of drug-likeness (QED) is 0.721. The molecule has 2 aromatic rings. The van der Waals surface area contributed by atoms with E-state index in [1.54, 1.807) is 6.08 Å². The maximum Gasteiger partial charge on any atom is 0.261 e. The molecule has 0 aromatic heterocycles. The molecule has 2 aromatic carbocycles. The van der Waals surface area contributed by atoms with E-state index in [2.05, 4.69) is 69.3 Å². The van der Waals surface area contributed by atoms with Crippen LogP contribution in [0.3, 0.4) is 0 Å². The second-order valence-electron chi connectivity index (χ2n) is 8.20. The zero-order valence-electron chi connectivity index (χ0n) is 16.7. The lowest BCUT2D eigenvalue weighted by Gasteiger charge is -2.43. The van der Waals surface area contributed by atoms with Crippen molar-refractivity contribution < 1.29 is 9.22 Å². The Morgan fingerprint density at radius 3 is 1.89 bits per heavy atom. The summed E-state index contributed by atoms with van der Waals surface area (Å²) >= 11 is 0. The van der Waals surface area contributed by atoms with Gasteiger partial charge >= 0.3 is 0 Å². The van der Waals surface area contributed by atoms with Crippen molar-refractivity contribution in [2.75, 3.05) is 13.7 Å². The van der Waals surface area contributed by atoms with Gasteiger partial charge in [0.2, 0.25) is 0 Å². The highest BCUT2D eigenvalue weighted by atomic mass is 28.4. The first-order valence-electron chi connectivity index (χ1n) is 9.55. The van der Waals surface area contributed by atoms with E-state index >= 15 is 0 Å². The summed E-state index contributed by atoms with van der Waals surface area (Å²) in [5.41, 5.74) is 0. The van der Waals surface area contributed by atoms with E-state index in [9.17, 15) is 4.79 Å². The van der Waals surface area contributed by atoms with Crippen molar-refractivity contribution in [3.8, 4) is 0 Å². The molecule has 3 nitrogen and oxygen atoms in total. The normalized spacial score (nSPS) is 17.6. The summed E-state index contributed by atoms with van der Waals surface area (Å²) in [6, 6.07) is 21.1. The molecular weight excluding hydrogens is 350 g/mol. The number of carbonyl (C=O) groups excluding carboxylic acids is 1. The molecule has 1 aliphatic rings. The second-order valence-corrected chi connectivity index (χ2v) is 12.5. The molecule has 1 atom stereocenters. The van der Waals surface area contributed by atoms with Gasteiger partial charge in [-0.25, -0.2) is 0 Å². The maximum atomic E-state index is 12.1. The molecule has 1 unspecified atom stereocenters. The average molecular weight is 380 g/mol. The first-order chi connectivity index (χ1) is 12.9. The van der Waals surface area contributed by atoms with Gasteiger partial charge in [0.25, 0.3) is 8.32 Å². The Kier molecular flexibility index (Phi) is 5.68. The summed E-state index contributed by atoms with van der Waals surface area (Å²) in [5, 5.41) is 2.50. The van der Waals surface area contributed by atoms with Crippen molar-refractivity contribution in [2.24, 2.45) is 0 Å². The Morgan fingerprint density at radius 1 is 0.963 bits per heavy atom. The van der Waals surface area contributed by atoms with Crippen LogP contribution in [0.4, 0.5) is 0 Å². The van der Waals surface area contributed by atoms with Gasteiger partial charge in [0, 0.05) is 19.9 Å². The largest absolute Gasteiger partial charge is 0.407 e. The Labute approximate surface area is 163 Å². The number of rotatable bonds is 6. The van der Waals surface area contributed by atoms with Crippen molar-refractivity contribution in [1.29, 1.82) is 0 Å². The lowest BCUT2D eigenvalue weighted by atomic mass is 10.1. The summed E-state index contributed by atoms with van der Waals surface area (Å²) in [6.45, 7) is 7.38. The fourth-order valence-corrected chi connectivity index (χ4v) is 8.62. The molecule has 1 heterocycles. The first kappa shape index (κ1) is 19.6. The molecule has 0 amide bonds. The number of nitrogens with zero attached hydrogens (tertiary/aromatic N) is 1. The van der Waals surface area contributed by atoms with Crippen LogP contribution in [0.15, 0.2) is 72.9 Å². The molecule has 27 heavy (non-hydrogen) atoms. The van der Waals surface area contributed by atoms with E-state index in [4.69, 9.17) is 4.43 Å². The predicted molar refractivity (Wildman–Crippen MR) is 114 cm³/mol. The number of likely N-dealkylation sites (N-methyl/N-ethyl adjacent to an activating group) is 1. The highest BCUT2D eigenvalue weighted by Crippen LogP contribution is 2.36. The Bertz CT molecular complexity index is 757. The first-order valence-corrected chi connectivity index (χ1v) is 11.5. The van der Waals surface area contributed by atoms with Crippen molar-refractivity contribution >= 4 is 24.5 Å². The van der Waals surface area contributed by atoms with Gasteiger partial charge < -0.3 is 9.33 Å². The minimum Gasteiger partial charge on any atom is -0.407 e. The van der Waals surface area contributed by atoms with E-state index in [0.29, 0.717) is 13.0 Å². The Hall–Kier alpha value is -2.17. The van der Waals surface area contributed by atoms with Crippen LogP contribution in [0.1, 0.15) is 27.2 Å². The fourth-order valence-electron chi connectivity index (χ4n) is 4.04. The Morgan fingerprint density at radius 2 is 1.48 bits per heavy atom. The van der Waals surface area contributed by atoms with Crippen LogP contribution >= 0.6 is 0 Å². The van der Waals surface area contributed by atoms with E-state index in [1.807, 2.05) is 30.3 Å². The summed E-state index contributed by atoms with van der Waals surface area (Å²) < 4.78 is 6.86. The van der Waals surface area contributed by atoms with E-state index < -0.39 is 8.32 Å². The van der Waals surface area contributed by atoms with Gasteiger partial charge in [-0.15, -0.1) is 0 Å². The monoisotopic (exact) mass is 379 g/mol. The molecule has 142 valence electrons. The van der Waals surface area contributed by atoms with Crippen LogP contribution in [-0.2, 0) is 9.22 Å². The molecule has 1 aliphatic heterocycles. The zero-order valence-corrected chi connectivity index (χ0v) is 17.7. The molecule has 0 aliphatic carbocycles. The number of carbonyl (C=O) groups is 1. The van der Waals surface area contributed by atoms with Crippen LogP contribution in [-0.4, -0.2) is 38.7 Å². The molecule has 0 saturated heterocycles. The smallest absolute Gasteiger partial charge is 0.261 e. The molecule has 0 fully saturated rings. The Balaban J connectivity index is 1.96. The van der Waals surface area contributed by atoms with Gasteiger partial charge in [-0.3, -0.25) is 4.79 Å².